The number of aromatic nitrogens is 2. The highest BCUT2D eigenvalue weighted by molar-refractivity contribution is 5.94. The molecule has 25 heavy (non-hydrogen) atoms. The second kappa shape index (κ2) is 7.91. The van der Waals surface area contributed by atoms with E-state index in [0.29, 0.717) is 25.2 Å². The Hall–Kier alpha value is -2.71. The number of carbonyl (C=O) groups is 2. The van der Waals surface area contributed by atoms with Gasteiger partial charge < -0.3 is 24.5 Å². The fourth-order valence-corrected chi connectivity index (χ4v) is 2.68. The van der Waals surface area contributed by atoms with E-state index in [0.717, 1.165) is 5.69 Å². The number of hydrogen-bond donors (Lipinski definition) is 2. The summed E-state index contributed by atoms with van der Waals surface area (Å²) in [6.07, 6.45) is 5.34. The van der Waals surface area contributed by atoms with Gasteiger partial charge in [-0.1, -0.05) is 0 Å². The van der Waals surface area contributed by atoms with E-state index in [9.17, 15) is 9.59 Å². The lowest BCUT2D eigenvalue weighted by Gasteiger charge is -2.31. The van der Waals surface area contributed by atoms with Crippen LogP contribution in [0.5, 0.6) is 0 Å². The normalized spacial score (nSPS) is 20.2. The maximum atomic E-state index is 12.4. The topological polar surface area (TPSA) is 103 Å². The van der Waals surface area contributed by atoms with E-state index in [1.165, 1.54) is 0 Å². The lowest BCUT2D eigenvalue weighted by atomic mass is 10.1. The van der Waals surface area contributed by atoms with Crippen molar-refractivity contribution >= 4 is 11.9 Å². The van der Waals surface area contributed by atoms with Crippen LogP contribution in [0.15, 0.2) is 43.0 Å². The molecule has 2 aromatic rings. The molecule has 1 aliphatic heterocycles. The first kappa shape index (κ1) is 17.1. The van der Waals surface area contributed by atoms with Crippen molar-refractivity contribution in [3.8, 4) is 5.69 Å². The van der Waals surface area contributed by atoms with E-state index in [1.807, 2.05) is 22.9 Å². The van der Waals surface area contributed by atoms with Gasteiger partial charge in [0.25, 0.3) is 5.91 Å². The third kappa shape index (κ3) is 4.43. The van der Waals surface area contributed by atoms with Crippen LogP contribution < -0.4 is 5.32 Å². The van der Waals surface area contributed by atoms with Crippen LogP contribution in [-0.4, -0.2) is 58.5 Å². The summed E-state index contributed by atoms with van der Waals surface area (Å²) in [6.45, 7) is 0.385. The van der Waals surface area contributed by atoms with Crippen molar-refractivity contribution in [2.75, 3.05) is 19.8 Å². The van der Waals surface area contributed by atoms with Gasteiger partial charge in [-0.15, -0.1) is 0 Å². The minimum absolute atomic E-state index is 0.253. The van der Waals surface area contributed by atoms with Gasteiger partial charge in [0.05, 0.1) is 25.1 Å². The first-order valence-corrected chi connectivity index (χ1v) is 7.94. The molecule has 2 N–H and O–H groups in total. The van der Waals surface area contributed by atoms with E-state index in [4.69, 9.17) is 14.6 Å². The number of carbonyl (C=O) groups excluding carboxylic acids is 1. The number of nitrogens with zero attached hydrogens (tertiary/aromatic N) is 2. The summed E-state index contributed by atoms with van der Waals surface area (Å²) in [5.41, 5.74) is 1.41. The molecule has 3 rings (SSSR count). The molecule has 132 valence electrons. The highest BCUT2D eigenvalue weighted by Gasteiger charge is 2.28. The van der Waals surface area contributed by atoms with Crippen molar-refractivity contribution in [3.63, 3.8) is 0 Å². The largest absolute Gasteiger partial charge is 0.480 e. The van der Waals surface area contributed by atoms with Gasteiger partial charge in [-0.25, -0.2) is 9.78 Å². The van der Waals surface area contributed by atoms with Crippen LogP contribution in [-0.2, 0) is 14.3 Å². The molecule has 1 amide bonds. The summed E-state index contributed by atoms with van der Waals surface area (Å²) in [6, 6.07) is 6.72. The molecule has 2 atom stereocenters. The van der Waals surface area contributed by atoms with E-state index in [1.54, 1.807) is 24.7 Å². The minimum Gasteiger partial charge on any atom is -0.480 e. The van der Waals surface area contributed by atoms with Crippen LogP contribution in [0.25, 0.3) is 5.69 Å². The molecule has 1 aromatic carbocycles. The Morgan fingerprint density at radius 3 is 2.84 bits per heavy atom. The summed E-state index contributed by atoms with van der Waals surface area (Å²) >= 11 is 0. The average molecular weight is 345 g/mol. The number of amides is 1. The molecule has 1 saturated heterocycles. The van der Waals surface area contributed by atoms with Crippen LogP contribution >= 0.6 is 0 Å². The van der Waals surface area contributed by atoms with Gasteiger partial charge in [-0.05, 0) is 30.7 Å². The number of hydrogen-bond acceptors (Lipinski definition) is 5. The predicted octanol–water partition coefficient (Wildman–Crippen LogP) is 0.861. The van der Waals surface area contributed by atoms with E-state index >= 15 is 0 Å². The van der Waals surface area contributed by atoms with Crippen molar-refractivity contribution < 1.29 is 24.2 Å². The molecule has 0 bridgehead atoms. The molecule has 1 fully saturated rings. The van der Waals surface area contributed by atoms with Gasteiger partial charge in [0, 0.05) is 30.3 Å². The molecule has 1 aromatic heterocycles. The number of carboxylic acids is 1. The van der Waals surface area contributed by atoms with E-state index in [-0.39, 0.29) is 18.1 Å². The van der Waals surface area contributed by atoms with Gasteiger partial charge in [0.1, 0.15) is 6.61 Å². The lowest BCUT2D eigenvalue weighted by Crippen LogP contribution is -2.51. The Morgan fingerprint density at radius 1 is 1.36 bits per heavy atom. The van der Waals surface area contributed by atoms with E-state index in [2.05, 4.69) is 10.3 Å². The van der Waals surface area contributed by atoms with Crippen molar-refractivity contribution in [2.45, 2.75) is 18.6 Å². The van der Waals surface area contributed by atoms with Gasteiger partial charge in [-0.2, -0.15) is 0 Å². The zero-order chi connectivity index (χ0) is 17.6. The molecule has 2 heterocycles. The maximum Gasteiger partial charge on any atom is 0.329 e. The van der Waals surface area contributed by atoms with Crippen molar-refractivity contribution in [1.29, 1.82) is 0 Å². The number of aliphatic carboxylic acids is 1. The average Bonchev–Trinajstić information content (AvgIpc) is 3.15. The van der Waals surface area contributed by atoms with Crippen molar-refractivity contribution in [2.24, 2.45) is 0 Å². The Balaban J connectivity index is 1.62. The maximum absolute atomic E-state index is 12.4. The minimum atomic E-state index is -1.04. The summed E-state index contributed by atoms with van der Waals surface area (Å²) in [4.78, 5) is 27.1. The van der Waals surface area contributed by atoms with E-state index < -0.39 is 12.6 Å². The summed E-state index contributed by atoms with van der Waals surface area (Å²) in [5.74, 6) is -1.29. The first-order valence-electron chi connectivity index (χ1n) is 7.94. The molecular formula is C17H19N3O5. The number of ether oxygens (including phenoxy) is 2. The van der Waals surface area contributed by atoms with Gasteiger partial charge in [0.15, 0.2) is 0 Å². The third-order valence-corrected chi connectivity index (χ3v) is 3.96. The molecule has 0 radical (unpaired) electrons. The van der Waals surface area contributed by atoms with Crippen LogP contribution in [0.1, 0.15) is 16.8 Å². The fraction of sp³-hybridized carbons (Fsp3) is 0.353. The molecule has 0 unspecified atom stereocenters. The van der Waals surface area contributed by atoms with Gasteiger partial charge in [-0.3, -0.25) is 4.79 Å². The number of rotatable bonds is 6. The zero-order valence-electron chi connectivity index (χ0n) is 13.5. The Morgan fingerprint density at radius 2 is 2.16 bits per heavy atom. The molecule has 0 saturated carbocycles. The number of nitrogens with one attached hydrogen (secondary N) is 1. The Kier molecular flexibility index (Phi) is 5.42. The smallest absolute Gasteiger partial charge is 0.329 e. The van der Waals surface area contributed by atoms with Crippen LogP contribution in [0.2, 0.25) is 0 Å². The second-order valence-corrected chi connectivity index (χ2v) is 5.70. The standard InChI is InChI=1S/C17H19N3O5/c21-16(22)10-25-15-5-8-24-9-14(15)19-17(23)12-1-3-13(4-2-12)20-7-6-18-11-20/h1-4,6-7,11,14-15H,5,8-10H2,(H,19,23)(H,21,22)/t14-,15+/m0/s1. The monoisotopic (exact) mass is 345 g/mol. The zero-order valence-corrected chi connectivity index (χ0v) is 13.5. The van der Waals surface area contributed by atoms with Crippen LogP contribution in [0, 0.1) is 0 Å². The first-order chi connectivity index (χ1) is 12.1. The molecule has 1 aliphatic rings. The molecule has 8 heteroatoms. The third-order valence-electron chi connectivity index (χ3n) is 3.96. The van der Waals surface area contributed by atoms with Crippen LogP contribution in [0.4, 0.5) is 0 Å². The summed E-state index contributed by atoms with van der Waals surface area (Å²) in [7, 11) is 0. The Labute approximate surface area is 144 Å². The molecule has 0 aliphatic carbocycles. The quantitative estimate of drug-likeness (QED) is 0.805. The number of imidazole rings is 1. The molecular weight excluding hydrogens is 326 g/mol. The predicted molar refractivity (Wildman–Crippen MR) is 87.6 cm³/mol. The fourth-order valence-electron chi connectivity index (χ4n) is 2.68. The molecule has 0 spiro atoms. The highest BCUT2D eigenvalue weighted by Crippen LogP contribution is 2.14. The second-order valence-electron chi connectivity index (χ2n) is 5.70. The lowest BCUT2D eigenvalue weighted by molar-refractivity contribution is -0.147. The van der Waals surface area contributed by atoms with Crippen LogP contribution in [0.3, 0.4) is 0 Å². The highest BCUT2D eigenvalue weighted by atomic mass is 16.5. The number of carboxylic acid groups (broad SMARTS) is 1. The van der Waals surface area contributed by atoms with Crippen molar-refractivity contribution in [3.05, 3.63) is 48.5 Å². The molecule has 8 nitrogen and oxygen atoms in total. The van der Waals surface area contributed by atoms with Crippen molar-refractivity contribution in [1.82, 2.24) is 14.9 Å². The summed E-state index contributed by atoms with van der Waals surface area (Å²) < 4.78 is 12.6. The van der Waals surface area contributed by atoms with Gasteiger partial charge in [0.2, 0.25) is 0 Å². The van der Waals surface area contributed by atoms with Gasteiger partial charge >= 0.3 is 5.97 Å². The Bertz CT molecular complexity index is 714. The number of benzene rings is 1. The summed E-state index contributed by atoms with van der Waals surface area (Å²) in [5, 5.41) is 11.6. The SMILES string of the molecule is O=C(O)CO[C@@H]1CCOC[C@@H]1NC(=O)c1ccc(-n2ccnc2)cc1.